The van der Waals surface area contributed by atoms with Crippen molar-refractivity contribution in [1.82, 2.24) is 9.55 Å². The molecule has 2 aromatic carbocycles. The fourth-order valence-corrected chi connectivity index (χ4v) is 1.93. The van der Waals surface area contributed by atoms with Crippen LogP contribution in [0.25, 0.3) is 16.7 Å². The molecule has 84 valence electrons. The first-order chi connectivity index (χ1) is 8.24. The van der Waals surface area contributed by atoms with Gasteiger partial charge in [-0.15, -0.1) is 0 Å². The van der Waals surface area contributed by atoms with Gasteiger partial charge in [0.1, 0.15) is 12.1 Å². The highest BCUT2D eigenvalue weighted by Gasteiger charge is 2.04. The normalized spacial score (nSPS) is 10.9. The second-order valence-corrected chi connectivity index (χ2v) is 4.08. The number of hydrogen-bond donors (Lipinski definition) is 0. The zero-order valence-electron chi connectivity index (χ0n) is 9.39. The monoisotopic (exact) mass is 226 g/mol. The summed E-state index contributed by atoms with van der Waals surface area (Å²) in [7, 11) is 0. The average Bonchev–Trinajstić information content (AvgIpc) is 2.73. The summed E-state index contributed by atoms with van der Waals surface area (Å²) in [6.07, 6.45) is 1.76. The number of nitrogens with zero attached hydrogens (tertiary/aromatic N) is 2. The SMILES string of the molecule is Cc1ccc2ncn(-c3ccc(F)cc3)c2c1. The van der Waals surface area contributed by atoms with Crippen molar-refractivity contribution in [3.63, 3.8) is 0 Å². The van der Waals surface area contributed by atoms with Gasteiger partial charge in [0.2, 0.25) is 0 Å². The summed E-state index contributed by atoms with van der Waals surface area (Å²) in [5.41, 5.74) is 4.08. The summed E-state index contributed by atoms with van der Waals surface area (Å²) in [5, 5.41) is 0. The number of halogens is 1. The second kappa shape index (κ2) is 3.70. The molecular formula is C14H11FN2. The van der Waals surface area contributed by atoms with Gasteiger partial charge in [0.05, 0.1) is 11.0 Å². The number of aryl methyl sites for hydroxylation is 1. The molecule has 0 saturated carbocycles. The minimum Gasteiger partial charge on any atom is -0.299 e. The van der Waals surface area contributed by atoms with Crippen LogP contribution in [-0.4, -0.2) is 9.55 Å². The van der Waals surface area contributed by atoms with E-state index >= 15 is 0 Å². The summed E-state index contributed by atoms with van der Waals surface area (Å²) < 4.78 is 14.8. The third kappa shape index (κ3) is 1.69. The Morgan fingerprint density at radius 2 is 1.82 bits per heavy atom. The van der Waals surface area contributed by atoms with Crippen LogP contribution in [-0.2, 0) is 0 Å². The molecule has 0 spiro atoms. The van der Waals surface area contributed by atoms with E-state index in [0.29, 0.717) is 0 Å². The fraction of sp³-hybridized carbons (Fsp3) is 0.0714. The van der Waals surface area contributed by atoms with Gasteiger partial charge in [0.15, 0.2) is 0 Å². The molecule has 17 heavy (non-hydrogen) atoms. The lowest BCUT2D eigenvalue weighted by molar-refractivity contribution is 0.627. The van der Waals surface area contributed by atoms with E-state index < -0.39 is 0 Å². The lowest BCUT2D eigenvalue weighted by Gasteiger charge is -2.04. The van der Waals surface area contributed by atoms with Crippen molar-refractivity contribution in [2.24, 2.45) is 0 Å². The Balaban J connectivity index is 2.23. The molecular weight excluding hydrogens is 215 g/mol. The van der Waals surface area contributed by atoms with Gasteiger partial charge >= 0.3 is 0 Å². The standard InChI is InChI=1S/C14H11FN2/c1-10-2-7-13-14(8-10)17(9-16-13)12-5-3-11(15)4-6-12/h2-9H,1H3. The Morgan fingerprint density at radius 3 is 2.59 bits per heavy atom. The molecule has 0 atom stereocenters. The molecule has 0 aliphatic heterocycles. The summed E-state index contributed by atoms with van der Waals surface area (Å²) in [5.74, 6) is -0.227. The maximum absolute atomic E-state index is 12.9. The minimum absolute atomic E-state index is 0.227. The van der Waals surface area contributed by atoms with Gasteiger partial charge in [-0.05, 0) is 48.9 Å². The lowest BCUT2D eigenvalue weighted by atomic mass is 10.2. The molecule has 0 fully saturated rings. The molecule has 0 radical (unpaired) electrons. The molecule has 0 bridgehead atoms. The molecule has 3 aromatic rings. The minimum atomic E-state index is -0.227. The van der Waals surface area contributed by atoms with E-state index in [9.17, 15) is 4.39 Å². The van der Waals surface area contributed by atoms with Crippen LogP contribution in [0.5, 0.6) is 0 Å². The van der Waals surface area contributed by atoms with E-state index in [1.165, 1.54) is 17.7 Å². The highest BCUT2D eigenvalue weighted by atomic mass is 19.1. The molecule has 0 N–H and O–H groups in total. The summed E-state index contributed by atoms with van der Waals surface area (Å²) in [6.45, 7) is 2.04. The van der Waals surface area contributed by atoms with Crippen molar-refractivity contribution in [1.29, 1.82) is 0 Å². The van der Waals surface area contributed by atoms with Gasteiger partial charge in [-0.3, -0.25) is 4.57 Å². The second-order valence-electron chi connectivity index (χ2n) is 4.08. The molecule has 1 aromatic heterocycles. The lowest BCUT2D eigenvalue weighted by Crippen LogP contribution is -1.91. The van der Waals surface area contributed by atoms with Crippen LogP contribution >= 0.6 is 0 Å². The highest BCUT2D eigenvalue weighted by Crippen LogP contribution is 2.19. The molecule has 1 heterocycles. The van der Waals surface area contributed by atoms with E-state index in [1.54, 1.807) is 18.5 Å². The Hall–Kier alpha value is -2.16. The molecule has 3 heteroatoms. The number of fused-ring (bicyclic) bond motifs is 1. The van der Waals surface area contributed by atoms with E-state index in [-0.39, 0.29) is 5.82 Å². The van der Waals surface area contributed by atoms with Gasteiger partial charge in [-0.25, -0.2) is 9.37 Å². The third-order valence-corrected chi connectivity index (χ3v) is 2.81. The van der Waals surface area contributed by atoms with Crippen LogP contribution in [0, 0.1) is 12.7 Å². The number of aromatic nitrogens is 2. The maximum Gasteiger partial charge on any atom is 0.123 e. The highest BCUT2D eigenvalue weighted by molar-refractivity contribution is 5.78. The van der Waals surface area contributed by atoms with Gasteiger partial charge in [0, 0.05) is 5.69 Å². The number of imidazole rings is 1. The average molecular weight is 226 g/mol. The molecule has 0 aliphatic rings. The van der Waals surface area contributed by atoms with Crippen molar-refractivity contribution < 1.29 is 4.39 Å². The van der Waals surface area contributed by atoms with Gasteiger partial charge in [-0.2, -0.15) is 0 Å². The molecule has 3 rings (SSSR count). The Morgan fingerprint density at radius 1 is 1.06 bits per heavy atom. The topological polar surface area (TPSA) is 17.8 Å². The predicted octanol–water partition coefficient (Wildman–Crippen LogP) is 3.47. The number of hydrogen-bond acceptors (Lipinski definition) is 1. The van der Waals surface area contributed by atoms with Gasteiger partial charge in [-0.1, -0.05) is 6.07 Å². The maximum atomic E-state index is 12.9. The zero-order valence-corrected chi connectivity index (χ0v) is 9.39. The van der Waals surface area contributed by atoms with Crippen molar-refractivity contribution in [3.05, 3.63) is 60.2 Å². The number of benzene rings is 2. The number of rotatable bonds is 1. The van der Waals surface area contributed by atoms with Gasteiger partial charge in [0.25, 0.3) is 0 Å². The van der Waals surface area contributed by atoms with Crippen molar-refractivity contribution in [2.45, 2.75) is 6.92 Å². The summed E-state index contributed by atoms with van der Waals surface area (Å²) >= 11 is 0. The predicted molar refractivity (Wildman–Crippen MR) is 65.8 cm³/mol. The summed E-state index contributed by atoms with van der Waals surface area (Å²) in [4.78, 5) is 4.33. The van der Waals surface area contributed by atoms with Crippen LogP contribution in [0.2, 0.25) is 0 Å². The van der Waals surface area contributed by atoms with Crippen molar-refractivity contribution >= 4 is 11.0 Å². The van der Waals surface area contributed by atoms with E-state index in [2.05, 4.69) is 11.1 Å². The fourth-order valence-electron chi connectivity index (χ4n) is 1.93. The molecule has 0 aliphatic carbocycles. The van der Waals surface area contributed by atoms with Crippen LogP contribution in [0.3, 0.4) is 0 Å². The van der Waals surface area contributed by atoms with E-state index in [0.717, 1.165) is 16.7 Å². The molecule has 0 saturated heterocycles. The Bertz CT molecular complexity index is 668. The van der Waals surface area contributed by atoms with Crippen molar-refractivity contribution in [3.8, 4) is 5.69 Å². The smallest absolute Gasteiger partial charge is 0.123 e. The molecule has 0 unspecified atom stereocenters. The van der Waals surface area contributed by atoms with Crippen molar-refractivity contribution in [2.75, 3.05) is 0 Å². The largest absolute Gasteiger partial charge is 0.299 e. The van der Waals surface area contributed by atoms with E-state index in [1.807, 2.05) is 23.6 Å². The Kier molecular flexibility index (Phi) is 2.18. The van der Waals surface area contributed by atoms with E-state index in [4.69, 9.17) is 0 Å². The van der Waals surface area contributed by atoms with Crippen LogP contribution < -0.4 is 0 Å². The Labute approximate surface area is 98.3 Å². The van der Waals surface area contributed by atoms with Crippen LogP contribution in [0.4, 0.5) is 4.39 Å². The molecule has 0 amide bonds. The zero-order chi connectivity index (χ0) is 11.8. The first-order valence-corrected chi connectivity index (χ1v) is 5.44. The molecule has 2 nitrogen and oxygen atoms in total. The third-order valence-electron chi connectivity index (χ3n) is 2.81. The quantitative estimate of drug-likeness (QED) is 0.621. The first-order valence-electron chi connectivity index (χ1n) is 5.44. The summed E-state index contributed by atoms with van der Waals surface area (Å²) in [6, 6.07) is 12.5. The van der Waals surface area contributed by atoms with Crippen LogP contribution in [0.15, 0.2) is 48.8 Å². The first kappa shape index (κ1) is 10.0. The van der Waals surface area contributed by atoms with Gasteiger partial charge < -0.3 is 0 Å². The van der Waals surface area contributed by atoms with Crippen LogP contribution in [0.1, 0.15) is 5.56 Å².